The monoisotopic (exact) mass is 356 g/mol. The number of rotatable bonds is 5. The Morgan fingerprint density at radius 1 is 1.12 bits per heavy atom. The van der Waals surface area contributed by atoms with Gasteiger partial charge in [-0.25, -0.2) is 9.97 Å². The second kappa shape index (κ2) is 8.03. The Morgan fingerprint density at radius 2 is 1.85 bits per heavy atom. The molecule has 0 unspecified atom stereocenters. The van der Waals surface area contributed by atoms with E-state index in [4.69, 9.17) is 9.47 Å². The number of methoxy groups -OCH3 is 2. The Kier molecular flexibility index (Phi) is 5.55. The molecule has 1 aromatic heterocycles. The van der Waals surface area contributed by atoms with Crippen LogP contribution in [0.25, 0.3) is 0 Å². The van der Waals surface area contributed by atoms with E-state index in [1.165, 1.54) is 6.33 Å². The molecule has 0 saturated carbocycles. The van der Waals surface area contributed by atoms with Gasteiger partial charge in [-0.3, -0.25) is 4.79 Å². The number of piperidine rings is 1. The van der Waals surface area contributed by atoms with Gasteiger partial charge in [-0.05, 0) is 30.9 Å². The maximum Gasteiger partial charge on any atom is 0.274 e. The fraction of sp³-hybridized carbons (Fsp3) is 0.421. The Bertz CT molecular complexity index is 773. The average Bonchev–Trinajstić information content (AvgIpc) is 2.68. The molecule has 1 aromatic carbocycles. The van der Waals surface area contributed by atoms with Crippen LogP contribution in [0.2, 0.25) is 0 Å². The predicted molar refractivity (Wildman–Crippen MR) is 100 cm³/mol. The van der Waals surface area contributed by atoms with Crippen molar-refractivity contribution in [2.75, 3.05) is 37.5 Å². The van der Waals surface area contributed by atoms with Gasteiger partial charge in [-0.2, -0.15) is 0 Å². The first-order valence-electron chi connectivity index (χ1n) is 8.71. The molecule has 0 aliphatic carbocycles. The Hall–Kier alpha value is -2.83. The van der Waals surface area contributed by atoms with Crippen LogP contribution in [0.15, 0.2) is 30.6 Å². The van der Waals surface area contributed by atoms with Crippen LogP contribution in [0.3, 0.4) is 0 Å². The molecule has 0 radical (unpaired) electrons. The van der Waals surface area contributed by atoms with Crippen molar-refractivity contribution in [1.29, 1.82) is 0 Å². The van der Waals surface area contributed by atoms with Crippen molar-refractivity contribution in [2.24, 2.45) is 5.92 Å². The van der Waals surface area contributed by atoms with Gasteiger partial charge in [0.15, 0.2) is 11.5 Å². The number of ether oxygens (including phenoxy) is 2. The van der Waals surface area contributed by atoms with E-state index in [1.54, 1.807) is 38.5 Å². The molecule has 7 heteroatoms. The number of carbonyl (C=O) groups excluding carboxylic acids is 1. The average molecular weight is 356 g/mol. The van der Waals surface area contributed by atoms with Gasteiger partial charge in [0, 0.05) is 30.9 Å². The molecule has 0 bridgehead atoms. The van der Waals surface area contributed by atoms with E-state index in [0.29, 0.717) is 22.9 Å². The molecule has 1 amide bonds. The number of anilines is 2. The van der Waals surface area contributed by atoms with Crippen LogP contribution >= 0.6 is 0 Å². The number of aromatic nitrogens is 2. The van der Waals surface area contributed by atoms with Crippen molar-refractivity contribution in [2.45, 2.75) is 19.8 Å². The van der Waals surface area contributed by atoms with Gasteiger partial charge in [0.1, 0.15) is 17.8 Å². The minimum absolute atomic E-state index is 0.286. The lowest BCUT2D eigenvalue weighted by Gasteiger charge is -2.31. The SMILES string of the molecule is COc1ccc(NC(=O)c2cc(N3CCC(C)CC3)ncn2)cc1OC. The van der Waals surface area contributed by atoms with E-state index in [9.17, 15) is 4.79 Å². The summed E-state index contributed by atoms with van der Waals surface area (Å²) in [5.41, 5.74) is 0.947. The second-order valence-electron chi connectivity index (χ2n) is 6.45. The van der Waals surface area contributed by atoms with Crippen molar-refractivity contribution in [1.82, 2.24) is 9.97 Å². The smallest absolute Gasteiger partial charge is 0.274 e. The first kappa shape index (κ1) is 18.0. The van der Waals surface area contributed by atoms with Gasteiger partial charge in [-0.1, -0.05) is 6.92 Å². The number of amides is 1. The molecule has 7 nitrogen and oxygen atoms in total. The highest BCUT2D eigenvalue weighted by atomic mass is 16.5. The summed E-state index contributed by atoms with van der Waals surface area (Å²) in [6.45, 7) is 4.17. The summed E-state index contributed by atoms with van der Waals surface area (Å²) >= 11 is 0. The van der Waals surface area contributed by atoms with Crippen molar-refractivity contribution < 1.29 is 14.3 Å². The van der Waals surface area contributed by atoms with Crippen LogP contribution in [-0.2, 0) is 0 Å². The molecule has 1 saturated heterocycles. The van der Waals surface area contributed by atoms with Crippen LogP contribution in [0.1, 0.15) is 30.3 Å². The lowest BCUT2D eigenvalue weighted by atomic mass is 9.99. The first-order chi connectivity index (χ1) is 12.6. The molecule has 0 spiro atoms. The minimum Gasteiger partial charge on any atom is -0.493 e. The van der Waals surface area contributed by atoms with Crippen molar-refractivity contribution in [3.8, 4) is 11.5 Å². The second-order valence-corrected chi connectivity index (χ2v) is 6.45. The number of hydrogen-bond acceptors (Lipinski definition) is 6. The van der Waals surface area contributed by atoms with E-state index in [0.717, 1.165) is 37.7 Å². The van der Waals surface area contributed by atoms with E-state index >= 15 is 0 Å². The fourth-order valence-corrected chi connectivity index (χ4v) is 2.99. The largest absolute Gasteiger partial charge is 0.493 e. The summed E-state index contributed by atoms with van der Waals surface area (Å²) in [5, 5.41) is 2.84. The maximum absolute atomic E-state index is 12.6. The van der Waals surface area contributed by atoms with Gasteiger partial charge in [0.2, 0.25) is 0 Å². The highest BCUT2D eigenvalue weighted by Gasteiger charge is 2.19. The molecule has 1 aliphatic rings. The quantitative estimate of drug-likeness (QED) is 0.887. The highest BCUT2D eigenvalue weighted by Crippen LogP contribution is 2.30. The van der Waals surface area contributed by atoms with Gasteiger partial charge in [0.05, 0.1) is 14.2 Å². The Morgan fingerprint density at radius 3 is 2.54 bits per heavy atom. The minimum atomic E-state index is -0.286. The van der Waals surface area contributed by atoms with E-state index in [-0.39, 0.29) is 5.91 Å². The van der Waals surface area contributed by atoms with Crippen LogP contribution in [-0.4, -0.2) is 43.2 Å². The summed E-state index contributed by atoms with van der Waals surface area (Å²) < 4.78 is 10.5. The number of nitrogens with zero attached hydrogens (tertiary/aromatic N) is 3. The third kappa shape index (κ3) is 4.04. The lowest BCUT2D eigenvalue weighted by molar-refractivity contribution is 0.102. The molecule has 2 heterocycles. The topological polar surface area (TPSA) is 76.6 Å². The Labute approximate surface area is 153 Å². The zero-order valence-electron chi connectivity index (χ0n) is 15.4. The molecular formula is C19H24N4O3. The molecule has 3 rings (SSSR count). The summed E-state index contributed by atoms with van der Waals surface area (Å²) in [6, 6.07) is 6.96. The number of nitrogens with one attached hydrogen (secondary N) is 1. The lowest BCUT2D eigenvalue weighted by Crippen LogP contribution is -2.33. The van der Waals surface area contributed by atoms with Gasteiger partial charge in [-0.15, -0.1) is 0 Å². The molecule has 1 fully saturated rings. The summed E-state index contributed by atoms with van der Waals surface area (Å²) in [4.78, 5) is 23.2. The molecule has 2 aromatic rings. The van der Waals surface area contributed by atoms with Crippen LogP contribution in [0.4, 0.5) is 11.5 Å². The third-order valence-electron chi connectivity index (χ3n) is 4.63. The van der Waals surface area contributed by atoms with Crippen molar-refractivity contribution >= 4 is 17.4 Å². The molecular weight excluding hydrogens is 332 g/mol. The molecule has 138 valence electrons. The number of carbonyl (C=O) groups is 1. The van der Waals surface area contributed by atoms with Crippen molar-refractivity contribution in [3.05, 3.63) is 36.3 Å². The highest BCUT2D eigenvalue weighted by molar-refractivity contribution is 6.03. The molecule has 0 atom stereocenters. The predicted octanol–water partition coefficient (Wildman–Crippen LogP) is 2.98. The zero-order valence-corrected chi connectivity index (χ0v) is 15.4. The standard InChI is InChI=1S/C19H24N4O3/c1-13-6-8-23(9-7-13)18-11-15(20-12-21-18)19(24)22-14-4-5-16(25-2)17(10-14)26-3/h4-5,10-13H,6-9H2,1-3H3,(H,22,24). The summed E-state index contributed by atoms with van der Waals surface area (Å²) in [6.07, 6.45) is 3.71. The van der Waals surface area contributed by atoms with Gasteiger partial charge >= 0.3 is 0 Å². The van der Waals surface area contributed by atoms with E-state index in [1.807, 2.05) is 0 Å². The molecule has 1 aliphatic heterocycles. The van der Waals surface area contributed by atoms with E-state index < -0.39 is 0 Å². The van der Waals surface area contributed by atoms with E-state index in [2.05, 4.69) is 27.1 Å². The maximum atomic E-state index is 12.6. The van der Waals surface area contributed by atoms with Crippen LogP contribution < -0.4 is 19.7 Å². The normalized spacial score (nSPS) is 14.8. The fourth-order valence-electron chi connectivity index (χ4n) is 2.99. The first-order valence-corrected chi connectivity index (χ1v) is 8.71. The third-order valence-corrected chi connectivity index (χ3v) is 4.63. The summed E-state index contributed by atoms with van der Waals surface area (Å²) in [7, 11) is 3.12. The van der Waals surface area contributed by atoms with Gasteiger partial charge < -0.3 is 19.7 Å². The van der Waals surface area contributed by atoms with Gasteiger partial charge in [0.25, 0.3) is 5.91 Å². The van der Waals surface area contributed by atoms with Crippen LogP contribution in [0, 0.1) is 5.92 Å². The molecule has 1 N–H and O–H groups in total. The number of hydrogen-bond donors (Lipinski definition) is 1. The van der Waals surface area contributed by atoms with Crippen molar-refractivity contribution in [3.63, 3.8) is 0 Å². The summed E-state index contributed by atoms with van der Waals surface area (Å²) in [5.74, 6) is 2.40. The van der Waals surface area contributed by atoms with Crippen LogP contribution in [0.5, 0.6) is 11.5 Å². The zero-order chi connectivity index (χ0) is 18.5. The molecule has 26 heavy (non-hydrogen) atoms. The Balaban J connectivity index is 1.73. The number of benzene rings is 1.